The monoisotopic (exact) mass is 369 g/mol. The van der Waals surface area contributed by atoms with Crippen LogP contribution in [0.3, 0.4) is 0 Å². The lowest BCUT2D eigenvalue weighted by Crippen LogP contribution is -2.40. The SMILES string of the molecule is O=C(CCc1cc(C2CCC2)[nH]c1-c1ccc(F)cc1)NC1CCNC1=O. The number of hydrogen-bond donors (Lipinski definition) is 3. The molecule has 1 saturated heterocycles. The van der Waals surface area contributed by atoms with E-state index in [1.807, 2.05) is 0 Å². The molecular weight excluding hydrogens is 345 g/mol. The number of aromatic amines is 1. The molecule has 1 atom stereocenters. The average Bonchev–Trinajstić information content (AvgIpc) is 3.19. The third-order valence-corrected chi connectivity index (χ3v) is 5.60. The maximum Gasteiger partial charge on any atom is 0.242 e. The maximum atomic E-state index is 13.3. The minimum Gasteiger partial charge on any atom is -0.358 e. The van der Waals surface area contributed by atoms with Crippen molar-refractivity contribution in [3.05, 3.63) is 47.4 Å². The van der Waals surface area contributed by atoms with Crippen LogP contribution in [0.1, 0.15) is 49.3 Å². The number of halogens is 1. The molecule has 2 fully saturated rings. The lowest BCUT2D eigenvalue weighted by molar-refractivity contribution is -0.127. The zero-order chi connectivity index (χ0) is 18.8. The number of hydrogen-bond acceptors (Lipinski definition) is 2. The number of carbonyl (C=O) groups excluding carboxylic acids is 2. The molecule has 1 aromatic heterocycles. The molecule has 1 aliphatic heterocycles. The van der Waals surface area contributed by atoms with Gasteiger partial charge in [0.1, 0.15) is 11.9 Å². The molecule has 6 heteroatoms. The quantitative estimate of drug-likeness (QED) is 0.732. The first kappa shape index (κ1) is 17.8. The summed E-state index contributed by atoms with van der Waals surface area (Å²) in [5.41, 5.74) is 4.15. The summed E-state index contributed by atoms with van der Waals surface area (Å²) in [6.45, 7) is 0.612. The van der Waals surface area contributed by atoms with Gasteiger partial charge in [0, 0.05) is 24.4 Å². The predicted molar refractivity (Wildman–Crippen MR) is 101 cm³/mol. The van der Waals surface area contributed by atoms with Gasteiger partial charge >= 0.3 is 0 Å². The standard InChI is InChI=1S/C21H24FN3O2/c22-16-7-4-14(5-8-16)20-15(12-18(25-20)13-2-1-3-13)6-9-19(26)24-17-10-11-23-21(17)27/h4-5,7-8,12-13,17,25H,1-3,6,9-11H2,(H,23,27)(H,24,26). The van der Waals surface area contributed by atoms with E-state index in [1.54, 1.807) is 12.1 Å². The summed E-state index contributed by atoms with van der Waals surface area (Å²) in [5, 5.41) is 5.53. The Balaban J connectivity index is 1.48. The van der Waals surface area contributed by atoms with Crippen molar-refractivity contribution in [1.82, 2.24) is 15.6 Å². The van der Waals surface area contributed by atoms with E-state index in [4.69, 9.17) is 0 Å². The molecular formula is C21H24FN3O2. The van der Waals surface area contributed by atoms with Crippen molar-refractivity contribution in [3.8, 4) is 11.3 Å². The fourth-order valence-electron chi connectivity index (χ4n) is 3.78. The van der Waals surface area contributed by atoms with Crippen molar-refractivity contribution >= 4 is 11.8 Å². The topological polar surface area (TPSA) is 74.0 Å². The van der Waals surface area contributed by atoms with Gasteiger partial charge in [0.15, 0.2) is 0 Å². The molecule has 2 aromatic rings. The van der Waals surface area contributed by atoms with Gasteiger partial charge in [-0.1, -0.05) is 6.42 Å². The highest BCUT2D eigenvalue weighted by Crippen LogP contribution is 2.38. The second kappa shape index (κ2) is 7.55. The Morgan fingerprint density at radius 3 is 2.59 bits per heavy atom. The highest BCUT2D eigenvalue weighted by molar-refractivity contribution is 5.89. The van der Waals surface area contributed by atoms with Gasteiger partial charge in [0.25, 0.3) is 0 Å². The molecule has 142 valence electrons. The van der Waals surface area contributed by atoms with Crippen LogP contribution in [0.15, 0.2) is 30.3 Å². The summed E-state index contributed by atoms with van der Waals surface area (Å²) in [4.78, 5) is 27.4. The van der Waals surface area contributed by atoms with Gasteiger partial charge in [0.05, 0.1) is 0 Å². The first-order chi connectivity index (χ1) is 13.1. The van der Waals surface area contributed by atoms with Crippen molar-refractivity contribution in [2.45, 2.75) is 50.5 Å². The molecule has 1 aromatic carbocycles. The molecule has 2 heterocycles. The summed E-state index contributed by atoms with van der Waals surface area (Å²) in [7, 11) is 0. The molecule has 4 rings (SSSR count). The fraction of sp³-hybridized carbons (Fsp3) is 0.429. The summed E-state index contributed by atoms with van der Waals surface area (Å²) < 4.78 is 13.3. The van der Waals surface area contributed by atoms with E-state index in [1.165, 1.54) is 37.1 Å². The van der Waals surface area contributed by atoms with E-state index in [0.29, 0.717) is 31.7 Å². The van der Waals surface area contributed by atoms with E-state index in [2.05, 4.69) is 21.7 Å². The number of nitrogens with one attached hydrogen (secondary N) is 3. The van der Waals surface area contributed by atoms with Crippen LogP contribution in [0.5, 0.6) is 0 Å². The average molecular weight is 369 g/mol. The van der Waals surface area contributed by atoms with Gasteiger partial charge in [-0.25, -0.2) is 4.39 Å². The van der Waals surface area contributed by atoms with Gasteiger partial charge < -0.3 is 15.6 Å². The zero-order valence-electron chi connectivity index (χ0n) is 15.2. The van der Waals surface area contributed by atoms with Gasteiger partial charge in [-0.2, -0.15) is 0 Å². The Morgan fingerprint density at radius 1 is 1.19 bits per heavy atom. The largest absolute Gasteiger partial charge is 0.358 e. The number of aryl methyl sites for hydroxylation is 1. The van der Waals surface area contributed by atoms with Crippen LogP contribution in [-0.4, -0.2) is 29.4 Å². The summed E-state index contributed by atoms with van der Waals surface area (Å²) in [6.07, 6.45) is 5.15. The molecule has 1 unspecified atom stereocenters. The third kappa shape index (κ3) is 3.89. The molecule has 1 aliphatic carbocycles. The fourth-order valence-corrected chi connectivity index (χ4v) is 3.78. The molecule has 5 nitrogen and oxygen atoms in total. The van der Waals surface area contributed by atoms with Crippen LogP contribution in [0.25, 0.3) is 11.3 Å². The van der Waals surface area contributed by atoms with Crippen LogP contribution < -0.4 is 10.6 Å². The molecule has 0 bridgehead atoms. The van der Waals surface area contributed by atoms with Crippen LogP contribution in [0.2, 0.25) is 0 Å². The molecule has 0 spiro atoms. The minimum absolute atomic E-state index is 0.107. The number of aromatic nitrogens is 1. The number of benzene rings is 1. The minimum atomic E-state index is -0.411. The van der Waals surface area contributed by atoms with Crippen molar-refractivity contribution in [3.63, 3.8) is 0 Å². The lowest BCUT2D eigenvalue weighted by Gasteiger charge is -2.24. The van der Waals surface area contributed by atoms with Crippen LogP contribution in [-0.2, 0) is 16.0 Å². The highest BCUT2D eigenvalue weighted by atomic mass is 19.1. The number of amides is 2. The van der Waals surface area contributed by atoms with Crippen molar-refractivity contribution in [2.24, 2.45) is 0 Å². The zero-order valence-corrected chi connectivity index (χ0v) is 15.2. The van der Waals surface area contributed by atoms with Gasteiger partial charge in [-0.3, -0.25) is 9.59 Å². The van der Waals surface area contributed by atoms with E-state index < -0.39 is 6.04 Å². The molecule has 2 amide bonds. The van der Waals surface area contributed by atoms with E-state index in [0.717, 1.165) is 16.8 Å². The van der Waals surface area contributed by atoms with Crippen LogP contribution >= 0.6 is 0 Å². The second-order valence-electron chi connectivity index (χ2n) is 7.46. The van der Waals surface area contributed by atoms with Crippen molar-refractivity contribution < 1.29 is 14.0 Å². The first-order valence-electron chi connectivity index (χ1n) is 9.65. The predicted octanol–water partition coefficient (Wildman–Crippen LogP) is 3.03. The summed E-state index contributed by atoms with van der Waals surface area (Å²) >= 11 is 0. The van der Waals surface area contributed by atoms with Gasteiger partial charge in [0.2, 0.25) is 11.8 Å². The Kier molecular flexibility index (Phi) is 4.97. The molecule has 27 heavy (non-hydrogen) atoms. The number of rotatable bonds is 6. The van der Waals surface area contributed by atoms with Gasteiger partial charge in [-0.05, 0) is 73.1 Å². The van der Waals surface area contributed by atoms with Crippen molar-refractivity contribution in [1.29, 1.82) is 0 Å². The first-order valence-corrected chi connectivity index (χ1v) is 9.65. The summed E-state index contributed by atoms with van der Waals surface area (Å²) in [5.74, 6) is 0.0621. The lowest BCUT2D eigenvalue weighted by atomic mass is 9.83. The van der Waals surface area contributed by atoms with E-state index in [-0.39, 0.29) is 17.6 Å². The molecule has 3 N–H and O–H groups in total. The highest BCUT2D eigenvalue weighted by Gasteiger charge is 2.26. The number of carbonyl (C=O) groups is 2. The van der Waals surface area contributed by atoms with Crippen LogP contribution in [0.4, 0.5) is 4.39 Å². The second-order valence-corrected chi connectivity index (χ2v) is 7.46. The van der Waals surface area contributed by atoms with Gasteiger partial charge in [-0.15, -0.1) is 0 Å². The smallest absolute Gasteiger partial charge is 0.242 e. The Hall–Kier alpha value is -2.63. The molecule has 0 radical (unpaired) electrons. The number of H-pyrrole nitrogens is 1. The normalized spacial score (nSPS) is 19.6. The van der Waals surface area contributed by atoms with E-state index in [9.17, 15) is 14.0 Å². The molecule has 1 saturated carbocycles. The molecule has 2 aliphatic rings. The Morgan fingerprint density at radius 2 is 1.96 bits per heavy atom. The summed E-state index contributed by atoms with van der Waals surface area (Å²) in [6, 6.07) is 8.17. The third-order valence-electron chi connectivity index (χ3n) is 5.60. The Labute approximate surface area is 157 Å². The Bertz CT molecular complexity index is 840. The van der Waals surface area contributed by atoms with Crippen molar-refractivity contribution in [2.75, 3.05) is 6.54 Å². The van der Waals surface area contributed by atoms with Crippen LogP contribution in [0, 0.1) is 5.82 Å². The maximum absolute atomic E-state index is 13.3. The van der Waals surface area contributed by atoms with E-state index >= 15 is 0 Å².